The molecule has 3 heterocycles. The van der Waals surface area contributed by atoms with Crippen LogP contribution in [0.15, 0.2) is 65.4 Å². The molecule has 0 aliphatic carbocycles. The van der Waals surface area contributed by atoms with E-state index in [1.54, 1.807) is 55.5 Å². The van der Waals surface area contributed by atoms with Gasteiger partial charge < -0.3 is 9.84 Å². The van der Waals surface area contributed by atoms with Crippen LogP contribution in [0.2, 0.25) is 0 Å². The Balaban J connectivity index is 1.67. The van der Waals surface area contributed by atoms with Crippen LogP contribution in [0.25, 0.3) is 22.8 Å². The Morgan fingerprint density at radius 2 is 1.89 bits per heavy atom. The molecule has 0 saturated heterocycles. The zero-order valence-electron chi connectivity index (χ0n) is 14.8. The van der Waals surface area contributed by atoms with Crippen molar-refractivity contribution in [3.63, 3.8) is 0 Å². The summed E-state index contributed by atoms with van der Waals surface area (Å²) in [6.45, 7) is 1.79. The summed E-state index contributed by atoms with van der Waals surface area (Å²) >= 11 is 0. The molecule has 1 aromatic carbocycles. The highest BCUT2D eigenvalue weighted by Crippen LogP contribution is 2.29. The number of nitrogens with zero attached hydrogens (tertiary/aromatic N) is 4. The first-order valence-electron chi connectivity index (χ1n) is 8.40. The molecule has 0 fully saturated rings. The predicted octanol–water partition coefficient (Wildman–Crippen LogP) is 3.89. The van der Waals surface area contributed by atoms with Gasteiger partial charge in [0.2, 0.25) is 11.8 Å². The molecule has 7 nitrogen and oxygen atoms in total. The highest BCUT2D eigenvalue weighted by atomic mass is 19.1. The van der Waals surface area contributed by atoms with Crippen molar-refractivity contribution in [2.24, 2.45) is 0 Å². The molecule has 8 heteroatoms. The number of benzene rings is 1. The molecule has 0 unspecified atom stereocenters. The fourth-order valence-electron chi connectivity index (χ4n) is 2.62. The molecule has 0 radical (unpaired) electrons. The highest BCUT2D eigenvalue weighted by molar-refractivity contribution is 6.04. The Morgan fingerprint density at radius 3 is 2.71 bits per heavy atom. The quantitative estimate of drug-likeness (QED) is 0.544. The van der Waals surface area contributed by atoms with Crippen LogP contribution in [0.4, 0.5) is 10.1 Å². The minimum absolute atomic E-state index is 0.00885. The summed E-state index contributed by atoms with van der Waals surface area (Å²) in [6.07, 6.45) is 2.95. The number of para-hydroxylation sites is 1. The molecular formula is C20H14FN5O2. The molecule has 28 heavy (non-hydrogen) atoms. The summed E-state index contributed by atoms with van der Waals surface area (Å²) in [5.41, 5.74) is 2.17. The number of amides is 1. The monoisotopic (exact) mass is 375 g/mol. The number of halogens is 1. The van der Waals surface area contributed by atoms with Gasteiger partial charge >= 0.3 is 0 Å². The van der Waals surface area contributed by atoms with Crippen molar-refractivity contribution in [2.75, 3.05) is 5.32 Å². The maximum atomic E-state index is 14.0. The molecule has 4 rings (SSSR count). The first-order chi connectivity index (χ1) is 13.6. The minimum Gasteiger partial charge on any atom is -0.333 e. The molecule has 0 bridgehead atoms. The molecule has 0 atom stereocenters. The van der Waals surface area contributed by atoms with Gasteiger partial charge in [0.1, 0.15) is 5.69 Å². The zero-order valence-corrected chi connectivity index (χ0v) is 14.8. The fourth-order valence-corrected chi connectivity index (χ4v) is 2.62. The van der Waals surface area contributed by atoms with Gasteiger partial charge in [-0.3, -0.25) is 9.78 Å². The van der Waals surface area contributed by atoms with E-state index in [1.165, 1.54) is 12.4 Å². The van der Waals surface area contributed by atoms with Crippen LogP contribution < -0.4 is 5.32 Å². The van der Waals surface area contributed by atoms with Gasteiger partial charge in [-0.2, -0.15) is 9.37 Å². The fraction of sp³-hybridized carbons (Fsp3) is 0.0500. The number of rotatable bonds is 4. The van der Waals surface area contributed by atoms with Gasteiger partial charge in [-0.15, -0.1) is 0 Å². The Hall–Kier alpha value is -3.94. The van der Waals surface area contributed by atoms with E-state index < -0.39 is 5.95 Å². The molecule has 0 aliphatic rings. The van der Waals surface area contributed by atoms with Crippen LogP contribution in [0.5, 0.6) is 0 Å². The molecule has 138 valence electrons. The third-order valence-corrected chi connectivity index (χ3v) is 3.95. The standard InChI is InChI=1S/C20H14FN5O2/c1-12-10-14(17(21)23-11-12)20-25-18(26-28-20)13-6-2-3-7-15(13)24-19(27)16-8-4-5-9-22-16/h2-11H,1H3,(H,24,27). The van der Waals surface area contributed by atoms with Crippen molar-refractivity contribution in [2.45, 2.75) is 6.92 Å². The van der Waals surface area contributed by atoms with E-state index >= 15 is 0 Å². The number of aryl methyl sites for hydroxylation is 1. The van der Waals surface area contributed by atoms with E-state index in [-0.39, 0.29) is 28.9 Å². The van der Waals surface area contributed by atoms with Crippen molar-refractivity contribution < 1.29 is 13.7 Å². The molecule has 0 aliphatic heterocycles. The maximum Gasteiger partial charge on any atom is 0.274 e. The Morgan fingerprint density at radius 1 is 1.07 bits per heavy atom. The third-order valence-electron chi connectivity index (χ3n) is 3.95. The number of carbonyl (C=O) groups excluding carboxylic acids is 1. The van der Waals surface area contributed by atoms with E-state index in [0.717, 1.165) is 5.56 Å². The van der Waals surface area contributed by atoms with Crippen molar-refractivity contribution in [1.29, 1.82) is 0 Å². The number of hydrogen-bond acceptors (Lipinski definition) is 6. The van der Waals surface area contributed by atoms with Crippen LogP contribution in [0.3, 0.4) is 0 Å². The average molecular weight is 375 g/mol. The molecule has 4 aromatic rings. The summed E-state index contributed by atoms with van der Waals surface area (Å²) < 4.78 is 19.2. The minimum atomic E-state index is -0.697. The second-order valence-corrected chi connectivity index (χ2v) is 5.99. The van der Waals surface area contributed by atoms with Gasteiger partial charge in [-0.25, -0.2) is 4.98 Å². The van der Waals surface area contributed by atoms with Crippen molar-refractivity contribution in [3.05, 3.63) is 78.1 Å². The first kappa shape index (κ1) is 17.5. The van der Waals surface area contributed by atoms with E-state index in [9.17, 15) is 9.18 Å². The lowest BCUT2D eigenvalue weighted by Gasteiger charge is -2.08. The van der Waals surface area contributed by atoms with Crippen LogP contribution in [-0.2, 0) is 0 Å². The van der Waals surface area contributed by atoms with Gasteiger partial charge in [0, 0.05) is 18.0 Å². The summed E-state index contributed by atoms with van der Waals surface area (Å²) in [4.78, 5) is 24.4. The van der Waals surface area contributed by atoms with E-state index in [4.69, 9.17) is 4.52 Å². The van der Waals surface area contributed by atoms with E-state index in [2.05, 4.69) is 25.4 Å². The average Bonchev–Trinajstić information content (AvgIpc) is 3.20. The van der Waals surface area contributed by atoms with Gasteiger partial charge in [0.15, 0.2) is 0 Å². The van der Waals surface area contributed by atoms with Crippen LogP contribution in [-0.4, -0.2) is 26.0 Å². The van der Waals surface area contributed by atoms with Crippen LogP contribution in [0, 0.1) is 12.9 Å². The number of carbonyl (C=O) groups is 1. The van der Waals surface area contributed by atoms with E-state index in [1.807, 2.05) is 0 Å². The highest BCUT2D eigenvalue weighted by Gasteiger charge is 2.18. The Kier molecular flexibility index (Phi) is 4.59. The lowest BCUT2D eigenvalue weighted by Crippen LogP contribution is -2.14. The third kappa shape index (κ3) is 3.48. The van der Waals surface area contributed by atoms with Crippen LogP contribution >= 0.6 is 0 Å². The van der Waals surface area contributed by atoms with Crippen molar-refractivity contribution in [3.8, 4) is 22.8 Å². The summed E-state index contributed by atoms with van der Waals surface area (Å²) in [5.74, 6) is -0.842. The van der Waals surface area contributed by atoms with Crippen molar-refractivity contribution in [1.82, 2.24) is 20.1 Å². The number of hydrogen-bond donors (Lipinski definition) is 1. The lowest BCUT2D eigenvalue weighted by atomic mass is 10.1. The van der Waals surface area contributed by atoms with Gasteiger partial charge in [0.05, 0.1) is 11.3 Å². The van der Waals surface area contributed by atoms with Crippen LogP contribution in [0.1, 0.15) is 16.1 Å². The molecule has 1 amide bonds. The number of nitrogens with one attached hydrogen (secondary N) is 1. The summed E-state index contributed by atoms with van der Waals surface area (Å²) in [6, 6.07) is 13.6. The number of pyridine rings is 2. The summed E-state index contributed by atoms with van der Waals surface area (Å²) in [5, 5.41) is 6.71. The smallest absolute Gasteiger partial charge is 0.274 e. The lowest BCUT2D eigenvalue weighted by molar-refractivity contribution is 0.102. The second-order valence-electron chi connectivity index (χ2n) is 5.99. The number of anilines is 1. The molecular weight excluding hydrogens is 361 g/mol. The maximum absolute atomic E-state index is 14.0. The SMILES string of the molecule is Cc1cnc(F)c(-c2nc(-c3ccccc3NC(=O)c3ccccn3)no2)c1. The Bertz CT molecular complexity index is 1140. The summed E-state index contributed by atoms with van der Waals surface area (Å²) in [7, 11) is 0. The Labute approximate surface area is 159 Å². The molecule has 0 spiro atoms. The first-order valence-corrected chi connectivity index (χ1v) is 8.40. The van der Waals surface area contributed by atoms with Gasteiger partial charge in [0.25, 0.3) is 11.8 Å². The predicted molar refractivity (Wildman–Crippen MR) is 99.9 cm³/mol. The molecule has 3 aromatic heterocycles. The normalized spacial score (nSPS) is 10.6. The zero-order chi connectivity index (χ0) is 19.5. The topological polar surface area (TPSA) is 93.8 Å². The number of aromatic nitrogens is 4. The van der Waals surface area contributed by atoms with Crippen molar-refractivity contribution >= 4 is 11.6 Å². The second kappa shape index (κ2) is 7.36. The van der Waals surface area contributed by atoms with E-state index in [0.29, 0.717) is 11.3 Å². The molecule has 1 N–H and O–H groups in total. The van der Waals surface area contributed by atoms with Gasteiger partial charge in [-0.1, -0.05) is 23.4 Å². The largest absolute Gasteiger partial charge is 0.333 e. The van der Waals surface area contributed by atoms with Gasteiger partial charge in [-0.05, 0) is 42.8 Å². The molecule has 0 saturated carbocycles.